The summed E-state index contributed by atoms with van der Waals surface area (Å²) in [5.41, 5.74) is 0.697. The number of halogens is 8. The van der Waals surface area contributed by atoms with Gasteiger partial charge < -0.3 is 9.47 Å². The predicted octanol–water partition coefficient (Wildman–Crippen LogP) is 5.97. The van der Waals surface area contributed by atoms with Crippen LogP contribution >= 0.6 is 11.1 Å². The van der Waals surface area contributed by atoms with Gasteiger partial charge in [-0.15, -0.1) is 0 Å². The van der Waals surface area contributed by atoms with Crippen molar-refractivity contribution in [2.75, 3.05) is 7.11 Å². The number of benzene rings is 1. The lowest BCUT2D eigenvalue weighted by atomic mass is 10.1. The van der Waals surface area contributed by atoms with Gasteiger partial charge in [-0.3, -0.25) is 0 Å². The Bertz CT molecular complexity index is 737. The van der Waals surface area contributed by atoms with Crippen LogP contribution in [-0.2, 0) is 6.42 Å². The van der Waals surface area contributed by atoms with Crippen molar-refractivity contribution in [2.45, 2.75) is 43.2 Å². The number of allylic oxidation sites excluding steroid dienone is 2. The molecular weight excluding hydrogens is 421 g/mol. The molecule has 0 atom stereocenters. The van der Waals surface area contributed by atoms with Crippen LogP contribution in [-0.4, -0.2) is 33.0 Å². The molecule has 0 saturated carbocycles. The molecule has 0 unspecified atom stereocenters. The van der Waals surface area contributed by atoms with E-state index in [-0.39, 0.29) is 5.75 Å². The molecule has 1 aliphatic carbocycles. The van der Waals surface area contributed by atoms with Crippen LogP contribution in [0.5, 0.6) is 11.5 Å². The molecule has 11 heteroatoms. The summed E-state index contributed by atoms with van der Waals surface area (Å²) in [7, 11) is 0.197. The summed E-state index contributed by atoms with van der Waals surface area (Å²) in [6.07, 6.45) is 1.31. The minimum atomic E-state index is -5.95. The van der Waals surface area contributed by atoms with E-state index in [1.54, 1.807) is 0 Å². The predicted molar refractivity (Wildman–Crippen MR) is 87.2 cm³/mol. The maximum Gasteiger partial charge on any atom is 0.386 e. The van der Waals surface area contributed by atoms with Gasteiger partial charge in [-0.1, -0.05) is 19.0 Å². The van der Waals surface area contributed by atoms with Gasteiger partial charge >= 0.3 is 17.8 Å². The summed E-state index contributed by atoms with van der Waals surface area (Å²) in [5.74, 6) is -23.4. The van der Waals surface area contributed by atoms with Crippen LogP contribution in [0.1, 0.15) is 12.0 Å². The average Bonchev–Trinajstić information content (AvgIpc) is 2.66. The van der Waals surface area contributed by atoms with Gasteiger partial charge in [-0.05, 0) is 30.2 Å². The third-order valence-electron chi connectivity index (χ3n) is 3.98. The zero-order chi connectivity index (χ0) is 20.6. The maximum atomic E-state index is 13.7. The fourth-order valence-electron chi connectivity index (χ4n) is 2.46. The van der Waals surface area contributed by atoms with Crippen LogP contribution < -0.4 is 9.47 Å². The first kappa shape index (κ1) is 21.9. The van der Waals surface area contributed by atoms with Crippen LogP contribution in [0, 0.1) is 0 Å². The Morgan fingerprint density at radius 2 is 1.67 bits per heavy atom. The van der Waals surface area contributed by atoms with Gasteiger partial charge in [0, 0.05) is 0 Å². The number of hydrogen-bond acceptors (Lipinski definition) is 2. The molecule has 0 aliphatic heterocycles. The van der Waals surface area contributed by atoms with E-state index in [1.165, 1.54) is 12.1 Å². The van der Waals surface area contributed by atoms with E-state index in [0.717, 1.165) is 25.6 Å². The standard InChI is InChI=1S/C16H15ClF7O2Si/c1-25-11-8-9(4-3-7-27(2)17)5-6-10(11)26-13-12(18)14(19,20)16(23,24)15(13,21)22/h5-6,8H,3-4,7H2,1-2H3. The van der Waals surface area contributed by atoms with Crippen molar-refractivity contribution in [3.8, 4) is 11.5 Å². The molecule has 0 aromatic heterocycles. The Morgan fingerprint density at radius 3 is 2.15 bits per heavy atom. The molecule has 0 N–H and O–H groups in total. The quantitative estimate of drug-likeness (QED) is 0.298. The lowest BCUT2D eigenvalue weighted by Gasteiger charge is -2.24. The molecular formula is C16H15ClF7O2Si. The monoisotopic (exact) mass is 435 g/mol. The van der Waals surface area contributed by atoms with Gasteiger partial charge in [0.2, 0.25) is 11.6 Å². The van der Waals surface area contributed by atoms with E-state index in [4.69, 9.17) is 15.8 Å². The highest BCUT2D eigenvalue weighted by atomic mass is 35.6. The smallest absolute Gasteiger partial charge is 0.386 e. The van der Waals surface area contributed by atoms with E-state index >= 15 is 0 Å². The zero-order valence-electron chi connectivity index (χ0n) is 14.2. The third kappa shape index (κ3) is 3.78. The molecule has 0 fully saturated rings. The van der Waals surface area contributed by atoms with Crippen molar-refractivity contribution in [1.82, 2.24) is 0 Å². The van der Waals surface area contributed by atoms with E-state index in [0.29, 0.717) is 12.0 Å². The van der Waals surface area contributed by atoms with Crippen molar-refractivity contribution in [3.63, 3.8) is 0 Å². The lowest BCUT2D eigenvalue weighted by molar-refractivity contribution is -0.272. The van der Waals surface area contributed by atoms with Gasteiger partial charge in [-0.25, -0.2) is 4.39 Å². The van der Waals surface area contributed by atoms with Crippen LogP contribution in [0.25, 0.3) is 0 Å². The largest absolute Gasteiger partial charge is 0.493 e. The molecule has 1 aliphatic rings. The van der Waals surface area contributed by atoms with Gasteiger partial charge in [0.05, 0.1) is 7.11 Å². The minimum absolute atomic E-state index is 0.185. The first-order valence-electron chi connectivity index (χ1n) is 7.73. The maximum absolute atomic E-state index is 13.7. The number of rotatable bonds is 7. The van der Waals surface area contributed by atoms with E-state index in [9.17, 15) is 30.7 Å². The molecule has 2 rings (SSSR count). The number of ether oxygens (including phenoxy) is 2. The molecule has 0 bridgehead atoms. The molecule has 2 nitrogen and oxygen atoms in total. The van der Waals surface area contributed by atoms with Gasteiger partial charge in [-0.2, -0.15) is 37.4 Å². The fraction of sp³-hybridized carbons (Fsp3) is 0.500. The molecule has 1 aromatic rings. The second-order valence-electron chi connectivity index (χ2n) is 5.98. The molecule has 27 heavy (non-hydrogen) atoms. The Labute approximate surface area is 157 Å². The summed E-state index contributed by atoms with van der Waals surface area (Å²) in [4.78, 5) is 0. The SMILES string of the molecule is COc1cc(CCC[Si](C)Cl)ccc1OC1=C(F)C(F)(F)C(F)(F)C1(F)F. The van der Waals surface area contributed by atoms with Gasteiger partial charge in [0.1, 0.15) is 0 Å². The highest BCUT2D eigenvalue weighted by Gasteiger charge is 2.82. The Morgan fingerprint density at radius 1 is 1.04 bits per heavy atom. The van der Waals surface area contributed by atoms with E-state index in [1.807, 2.05) is 6.55 Å². The molecule has 0 spiro atoms. The second kappa shape index (κ2) is 7.54. The van der Waals surface area contributed by atoms with Crippen molar-refractivity contribution in [1.29, 1.82) is 0 Å². The van der Waals surface area contributed by atoms with Crippen LogP contribution in [0.3, 0.4) is 0 Å². The Kier molecular flexibility index (Phi) is 6.10. The van der Waals surface area contributed by atoms with Crippen LogP contribution in [0.15, 0.2) is 29.8 Å². The van der Waals surface area contributed by atoms with Crippen molar-refractivity contribution in [2.24, 2.45) is 0 Å². The average molecular weight is 436 g/mol. The summed E-state index contributed by atoms with van der Waals surface area (Å²) in [5, 5.41) is 0. The Balaban J connectivity index is 2.30. The third-order valence-corrected chi connectivity index (χ3v) is 5.59. The van der Waals surface area contributed by atoms with E-state index < -0.39 is 43.2 Å². The number of hydrogen-bond donors (Lipinski definition) is 0. The molecule has 1 aromatic carbocycles. The Hall–Kier alpha value is -1.42. The molecule has 0 heterocycles. The van der Waals surface area contributed by atoms with Crippen molar-refractivity contribution < 1.29 is 40.2 Å². The minimum Gasteiger partial charge on any atom is -0.493 e. The second-order valence-corrected chi connectivity index (χ2v) is 9.77. The topological polar surface area (TPSA) is 18.5 Å². The van der Waals surface area contributed by atoms with Crippen molar-refractivity contribution in [3.05, 3.63) is 35.3 Å². The fourth-order valence-corrected chi connectivity index (χ4v) is 3.53. The highest BCUT2D eigenvalue weighted by molar-refractivity contribution is 7.06. The molecule has 151 valence electrons. The molecule has 0 amide bonds. The summed E-state index contributed by atoms with van der Waals surface area (Å²) < 4.78 is 103. The lowest BCUT2D eigenvalue weighted by Crippen LogP contribution is -2.49. The summed E-state index contributed by atoms with van der Waals surface area (Å²) in [6.45, 7) is 1.92. The first-order chi connectivity index (χ1) is 12.4. The van der Waals surface area contributed by atoms with E-state index in [2.05, 4.69) is 4.74 Å². The number of alkyl halides is 6. The van der Waals surface area contributed by atoms with Gasteiger partial charge in [0.15, 0.2) is 19.6 Å². The van der Waals surface area contributed by atoms with Crippen LogP contribution in [0.2, 0.25) is 12.6 Å². The zero-order valence-corrected chi connectivity index (χ0v) is 15.9. The van der Waals surface area contributed by atoms with Gasteiger partial charge in [0.25, 0.3) is 0 Å². The normalized spacial score (nSPS) is 20.3. The van der Waals surface area contributed by atoms with Crippen molar-refractivity contribution >= 4 is 19.2 Å². The molecule has 1 radical (unpaired) electrons. The molecule has 0 saturated heterocycles. The first-order valence-corrected chi connectivity index (χ1v) is 10.9. The summed E-state index contributed by atoms with van der Waals surface area (Å²) >= 11 is 5.93. The number of methoxy groups -OCH3 is 1. The summed E-state index contributed by atoms with van der Waals surface area (Å²) in [6, 6.07) is 4.66. The number of aryl methyl sites for hydroxylation is 1. The highest BCUT2D eigenvalue weighted by Crippen LogP contribution is 2.59. The van der Waals surface area contributed by atoms with Crippen LogP contribution in [0.4, 0.5) is 30.7 Å².